The first-order valence-electron chi connectivity index (χ1n) is 24.2. The molecular formula is C56H52F12N4O3P2. The molecule has 0 atom stereocenters. The maximum absolute atomic E-state index is 14.1. The Labute approximate surface area is 434 Å². The fourth-order valence-corrected chi connectivity index (χ4v) is 8.73. The molecule has 2 N–H and O–H groups in total. The van der Waals surface area contributed by atoms with Gasteiger partial charge in [-0.1, -0.05) is 136 Å². The second-order valence-corrected chi connectivity index (χ2v) is 22.1. The number of fused-ring (bicyclic) bond motifs is 4. The van der Waals surface area contributed by atoms with E-state index >= 15 is 0 Å². The molecule has 408 valence electrons. The molecular weight excluding hydrogens is 1070 g/mol. The molecule has 2 heterocycles. The van der Waals surface area contributed by atoms with Gasteiger partial charge in [0, 0.05) is 34.4 Å². The number of halogens is 12. The standard InChI is InChI=1S/C56H50N4O3.2F6P/c1-2-3-4-5-6-15-30-63-48-34-44(55(61)57-46-22-16-28-59(36-46)38-53-49-24-11-7-18-40(49)31-41-19-8-12-25-50(41)53)33-45(35-48)56(62)58-47-23-17-29-60(37-47)39-54-51-26-13-9-20-42(51)32-43-21-10-14-27-52(43)54;2*1-7(2,3,4,5)6/h7-14,16-29,31-37H,2-6,15,30,38-39H2,1H3;;/q;2*-1/p+2. The molecule has 0 bridgehead atoms. The summed E-state index contributed by atoms with van der Waals surface area (Å²) < 4.78 is 129. The van der Waals surface area contributed by atoms with Crippen molar-refractivity contribution in [2.75, 3.05) is 17.2 Å². The Morgan fingerprint density at radius 1 is 0.442 bits per heavy atom. The third-order valence-electron chi connectivity index (χ3n) is 11.9. The number of amides is 2. The molecule has 0 unspecified atom stereocenters. The van der Waals surface area contributed by atoms with E-state index in [4.69, 9.17) is 4.74 Å². The maximum atomic E-state index is 14.1. The molecule has 0 aliphatic carbocycles. The Morgan fingerprint density at radius 2 is 0.779 bits per heavy atom. The molecule has 9 aromatic rings. The van der Waals surface area contributed by atoms with Gasteiger partial charge in [-0.15, -0.1) is 0 Å². The average Bonchev–Trinajstić information content (AvgIpc) is 3.37. The number of anilines is 2. The van der Waals surface area contributed by atoms with Gasteiger partial charge < -0.3 is 15.4 Å². The van der Waals surface area contributed by atoms with E-state index in [-0.39, 0.29) is 11.8 Å². The van der Waals surface area contributed by atoms with Crippen molar-refractivity contribution >= 4 is 81.9 Å². The van der Waals surface area contributed by atoms with Crippen LogP contribution < -0.4 is 24.5 Å². The summed E-state index contributed by atoms with van der Waals surface area (Å²) >= 11 is 0. The quantitative estimate of drug-likeness (QED) is 0.0333. The van der Waals surface area contributed by atoms with E-state index in [2.05, 4.69) is 136 Å². The molecule has 7 aromatic carbocycles. The van der Waals surface area contributed by atoms with Gasteiger partial charge in [0.25, 0.3) is 11.8 Å². The van der Waals surface area contributed by atoms with Crippen molar-refractivity contribution in [1.29, 1.82) is 0 Å². The first-order chi connectivity index (χ1) is 35.9. The van der Waals surface area contributed by atoms with Crippen LogP contribution in [0.5, 0.6) is 5.75 Å². The fourth-order valence-electron chi connectivity index (χ4n) is 8.73. The molecule has 0 aliphatic heterocycles. The van der Waals surface area contributed by atoms with Gasteiger partial charge in [-0.3, -0.25) is 9.59 Å². The number of benzene rings is 7. The molecule has 0 saturated heterocycles. The number of unbranched alkanes of at least 4 members (excludes halogenated alkanes) is 5. The van der Waals surface area contributed by atoms with Crippen molar-refractivity contribution in [2.24, 2.45) is 0 Å². The topological polar surface area (TPSA) is 75.2 Å². The van der Waals surface area contributed by atoms with E-state index in [9.17, 15) is 60.0 Å². The van der Waals surface area contributed by atoms with Crippen molar-refractivity contribution in [3.63, 3.8) is 0 Å². The summed E-state index contributed by atoms with van der Waals surface area (Å²) in [7, 11) is -21.3. The Bertz CT molecular complexity index is 3270. The third kappa shape index (κ3) is 19.3. The van der Waals surface area contributed by atoms with Crippen LogP contribution >= 0.6 is 15.6 Å². The van der Waals surface area contributed by atoms with Crippen LogP contribution in [0, 0.1) is 0 Å². The summed E-state index contributed by atoms with van der Waals surface area (Å²) in [5.74, 6) is -0.178. The minimum atomic E-state index is -10.7. The van der Waals surface area contributed by atoms with E-state index in [0.717, 1.165) is 19.3 Å². The Morgan fingerprint density at radius 3 is 1.14 bits per heavy atom. The zero-order valence-electron chi connectivity index (χ0n) is 41.2. The van der Waals surface area contributed by atoms with Gasteiger partial charge >= 0.3 is 66.0 Å². The summed E-state index contributed by atoms with van der Waals surface area (Å²) in [6, 6.07) is 51.1. The SMILES string of the molecule is CCCCCCCCOc1cc(C(=O)Nc2ccc[n+](Cc3c4ccccc4cc4ccccc34)c2)cc(C(=O)Nc2ccc[n+](Cc3c4ccccc4cc4ccccc34)c2)c1.F[P-](F)(F)(F)(F)F.F[P-](F)(F)(F)(F)F. The molecule has 9 rings (SSSR count). The van der Waals surface area contributed by atoms with Gasteiger partial charge in [0.05, 0.1) is 6.61 Å². The summed E-state index contributed by atoms with van der Waals surface area (Å²) in [5.41, 5.74) is 4.39. The van der Waals surface area contributed by atoms with Gasteiger partial charge in [0.2, 0.25) is 0 Å². The molecule has 21 heteroatoms. The van der Waals surface area contributed by atoms with Crippen molar-refractivity contribution in [3.05, 3.63) is 199 Å². The number of aromatic nitrogens is 2. The molecule has 0 saturated carbocycles. The third-order valence-corrected chi connectivity index (χ3v) is 11.9. The molecule has 2 aromatic heterocycles. The first-order valence-corrected chi connectivity index (χ1v) is 28.2. The summed E-state index contributed by atoms with van der Waals surface area (Å²) in [5, 5.41) is 15.8. The number of ether oxygens (including phenoxy) is 1. The van der Waals surface area contributed by atoms with Crippen LogP contribution in [-0.2, 0) is 13.1 Å². The number of rotatable bonds is 16. The Kier molecular flexibility index (Phi) is 16.1. The monoisotopic (exact) mass is 1120 g/mol. The minimum absolute atomic E-state index is 0.331. The van der Waals surface area contributed by atoms with Crippen molar-refractivity contribution in [3.8, 4) is 5.75 Å². The predicted octanol–water partition coefficient (Wildman–Crippen LogP) is 19.0. The van der Waals surface area contributed by atoms with Gasteiger partial charge in [-0.2, -0.15) is 9.13 Å². The van der Waals surface area contributed by atoms with E-state index in [1.165, 1.54) is 73.5 Å². The van der Waals surface area contributed by atoms with E-state index in [1.54, 1.807) is 18.2 Å². The average molecular weight is 1120 g/mol. The van der Waals surface area contributed by atoms with Crippen molar-refractivity contribution in [2.45, 2.75) is 58.5 Å². The molecule has 77 heavy (non-hydrogen) atoms. The van der Waals surface area contributed by atoms with Crippen LogP contribution in [0.15, 0.2) is 176 Å². The number of carbonyl (C=O) groups excluding carboxylic acids is 2. The number of nitrogens with zero attached hydrogens (tertiary/aromatic N) is 2. The number of hydrogen-bond acceptors (Lipinski definition) is 3. The molecule has 0 spiro atoms. The first kappa shape index (κ1) is 57.3. The number of pyridine rings is 2. The second kappa shape index (κ2) is 21.6. The van der Waals surface area contributed by atoms with Crippen LogP contribution in [-0.4, -0.2) is 18.4 Å². The van der Waals surface area contributed by atoms with E-state index < -0.39 is 15.6 Å². The zero-order valence-corrected chi connectivity index (χ0v) is 42.9. The second-order valence-electron chi connectivity index (χ2n) is 18.3. The molecule has 0 aliphatic rings. The molecule has 0 fully saturated rings. The van der Waals surface area contributed by atoms with Gasteiger partial charge in [-0.05, 0) is 92.0 Å². The van der Waals surface area contributed by atoms with Crippen LogP contribution in [0.3, 0.4) is 0 Å². The molecule has 2 amide bonds. The molecule has 7 nitrogen and oxygen atoms in total. The Balaban J connectivity index is 0.000000544. The van der Waals surface area contributed by atoms with E-state index in [0.29, 0.717) is 47.9 Å². The predicted molar refractivity (Wildman–Crippen MR) is 283 cm³/mol. The van der Waals surface area contributed by atoms with Gasteiger partial charge in [0.1, 0.15) is 17.1 Å². The Hall–Kier alpha value is -7.36. The molecule has 0 radical (unpaired) electrons. The number of carbonyl (C=O) groups is 2. The van der Waals surface area contributed by atoms with Gasteiger partial charge in [0.15, 0.2) is 37.9 Å². The van der Waals surface area contributed by atoms with Crippen molar-refractivity contribution < 1.29 is 73.8 Å². The normalized spacial score (nSPS) is 13.5. The number of hydrogen-bond donors (Lipinski definition) is 2. The van der Waals surface area contributed by atoms with Crippen LogP contribution in [0.2, 0.25) is 0 Å². The van der Waals surface area contributed by atoms with Crippen LogP contribution in [0.4, 0.5) is 61.7 Å². The summed E-state index contributed by atoms with van der Waals surface area (Å²) in [6.45, 7) is 3.96. The summed E-state index contributed by atoms with van der Waals surface area (Å²) in [6.07, 6.45) is 14.7. The van der Waals surface area contributed by atoms with Gasteiger partial charge in [-0.25, -0.2) is 0 Å². The summed E-state index contributed by atoms with van der Waals surface area (Å²) in [4.78, 5) is 28.2. The zero-order chi connectivity index (χ0) is 55.8. The number of nitrogens with one attached hydrogen (secondary N) is 2. The van der Waals surface area contributed by atoms with Crippen LogP contribution in [0.25, 0.3) is 43.1 Å². The van der Waals surface area contributed by atoms with E-state index in [1.807, 2.05) is 49.1 Å². The fraction of sp³-hybridized carbons (Fsp3) is 0.179. The van der Waals surface area contributed by atoms with Crippen LogP contribution in [0.1, 0.15) is 77.3 Å². The van der Waals surface area contributed by atoms with Crippen molar-refractivity contribution in [1.82, 2.24) is 0 Å².